The number of piperidine rings is 2. The van der Waals surface area contributed by atoms with Crippen LogP contribution in [0.5, 0.6) is 0 Å². The van der Waals surface area contributed by atoms with Crippen LogP contribution in [0.3, 0.4) is 0 Å². The van der Waals surface area contributed by atoms with Crippen LogP contribution in [-0.2, 0) is 14.3 Å². The van der Waals surface area contributed by atoms with Crippen molar-refractivity contribution in [3.05, 3.63) is 29.8 Å². The van der Waals surface area contributed by atoms with Crippen molar-refractivity contribution in [2.75, 3.05) is 32.1 Å². The first kappa shape index (κ1) is 21.5. The summed E-state index contributed by atoms with van der Waals surface area (Å²) < 4.78 is 5.53. The molecule has 1 aromatic carbocycles. The molecule has 0 bridgehead atoms. The molecule has 5 unspecified atom stereocenters. The normalized spacial score (nSPS) is 31.9. The highest BCUT2D eigenvalue weighted by atomic mass is 16.5. The number of nitrogens with zero attached hydrogens (tertiary/aromatic N) is 1. The summed E-state index contributed by atoms with van der Waals surface area (Å²) in [4.78, 5) is 28.0. The lowest BCUT2D eigenvalue weighted by Gasteiger charge is -2.48. The molecule has 0 aromatic heterocycles. The van der Waals surface area contributed by atoms with Crippen LogP contribution in [-0.4, -0.2) is 61.5 Å². The van der Waals surface area contributed by atoms with E-state index in [0.717, 1.165) is 37.9 Å². The van der Waals surface area contributed by atoms with Crippen molar-refractivity contribution in [1.82, 2.24) is 10.2 Å². The number of ether oxygens (including phenoxy) is 1. The second kappa shape index (κ2) is 9.16. The van der Waals surface area contributed by atoms with E-state index < -0.39 is 0 Å². The lowest BCUT2D eigenvalue weighted by atomic mass is 9.70. The third kappa shape index (κ3) is 4.61. The maximum absolute atomic E-state index is 13.2. The molecule has 2 saturated heterocycles. The molecule has 2 heterocycles. The monoisotopic (exact) mass is 413 g/mol. The minimum atomic E-state index is -0.0197. The van der Waals surface area contributed by atoms with Gasteiger partial charge in [0, 0.05) is 49.8 Å². The summed E-state index contributed by atoms with van der Waals surface area (Å²) in [5.41, 5.74) is 2.08. The van der Waals surface area contributed by atoms with E-state index in [9.17, 15) is 9.59 Å². The van der Waals surface area contributed by atoms with E-state index in [1.165, 1.54) is 5.56 Å². The van der Waals surface area contributed by atoms with E-state index in [0.29, 0.717) is 30.8 Å². The molecular weight excluding hydrogens is 378 g/mol. The van der Waals surface area contributed by atoms with Gasteiger partial charge in [0.05, 0.1) is 12.6 Å². The summed E-state index contributed by atoms with van der Waals surface area (Å²) in [5, 5.41) is 6.76. The van der Waals surface area contributed by atoms with Crippen LogP contribution in [0.2, 0.25) is 0 Å². The van der Waals surface area contributed by atoms with Crippen LogP contribution in [0.15, 0.2) is 24.3 Å². The van der Waals surface area contributed by atoms with Gasteiger partial charge in [-0.2, -0.15) is 0 Å². The Bertz CT molecular complexity index is 763. The number of amides is 1. The van der Waals surface area contributed by atoms with Crippen LogP contribution in [0.1, 0.15) is 51.0 Å². The SMILES string of the molecule is COC1CCC2NC3CCN(CC(=O)Nc4ccc(C(C)C)cc4)CC3C(=O)C2C1. The zero-order valence-electron chi connectivity index (χ0n) is 18.4. The number of Topliss-reactive ketones (excluding diaryl/α,β-unsaturated/α-hetero) is 1. The van der Waals surface area contributed by atoms with Crippen LogP contribution >= 0.6 is 0 Å². The van der Waals surface area contributed by atoms with E-state index in [1.54, 1.807) is 7.11 Å². The lowest BCUT2D eigenvalue weighted by molar-refractivity contribution is -0.138. The Kier molecular flexibility index (Phi) is 6.56. The molecule has 3 fully saturated rings. The minimum Gasteiger partial charge on any atom is -0.381 e. The van der Waals surface area contributed by atoms with Gasteiger partial charge in [-0.1, -0.05) is 26.0 Å². The van der Waals surface area contributed by atoms with E-state index in [4.69, 9.17) is 4.74 Å². The zero-order chi connectivity index (χ0) is 21.3. The molecule has 2 aliphatic heterocycles. The second-order valence-electron chi connectivity index (χ2n) is 9.51. The number of carbonyl (C=O) groups excluding carboxylic acids is 2. The van der Waals surface area contributed by atoms with Gasteiger partial charge in [-0.15, -0.1) is 0 Å². The average Bonchev–Trinajstić information content (AvgIpc) is 2.74. The molecule has 6 nitrogen and oxygen atoms in total. The van der Waals surface area contributed by atoms with Gasteiger partial charge in [0.2, 0.25) is 5.91 Å². The molecule has 2 N–H and O–H groups in total. The highest BCUT2D eigenvalue weighted by molar-refractivity contribution is 5.92. The van der Waals surface area contributed by atoms with E-state index in [-0.39, 0.29) is 29.9 Å². The standard InChI is InChI=1S/C24H35N3O3/c1-15(2)16-4-6-17(7-5-16)25-23(28)14-27-11-10-22-20(13-27)24(29)19-12-18(30-3)8-9-21(19)26-22/h4-7,15,18-22,26H,8-14H2,1-3H3,(H,25,28). The average molecular weight is 414 g/mol. The Hall–Kier alpha value is -1.76. The van der Waals surface area contributed by atoms with Crippen molar-refractivity contribution in [3.8, 4) is 0 Å². The summed E-state index contributed by atoms with van der Waals surface area (Å²) in [6.07, 6.45) is 3.98. The summed E-state index contributed by atoms with van der Waals surface area (Å²) in [6, 6.07) is 8.60. The fourth-order valence-corrected chi connectivity index (χ4v) is 5.42. The number of ketones is 1. The molecule has 1 amide bonds. The highest BCUT2D eigenvalue weighted by Crippen LogP contribution is 2.36. The van der Waals surface area contributed by atoms with Crippen molar-refractivity contribution in [2.24, 2.45) is 11.8 Å². The molecule has 164 valence electrons. The molecule has 30 heavy (non-hydrogen) atoms. The number of hydrogen-bond donors (Lipinski definition) is 2. The molecular formula is C24H35N3O3. The van der Waals surface area contributed by atoms with Crippen molar-refractivity contribution in [1.29, 1.82) is 0 Å². The summed E-state index contributed by atoms with van der Waals surface area (Å²) >= 11 is 0. The van der Waals surface area contributed by atoms with Crippen molar-refractivity contribution in [3.63, 3.8) is 0 Å². The first-order chi connectivity index (χ1) is 14.4. The van der Waals surface area contributed by atoms with Crippen LogP contribution in [0, 0.1) is 11.8 Å². The molecule has 3 aliphatic rings. The Morgan fingerprint density at radius 3 is 2.60 bits per heavy atom. The highest BCUT2D eigenvalue weighted by Gasteiger charge is 2.47. The molecule has 1 aliphatic carbocycles. The first-order valence-corrected chi connectivity index (χ1v) is 11.4. The van der Waals surface area contributed by atoms with Gasteiger partial charge in [-0.25, -0.2) is 0 Å². The second-order valence-corrected chi connectivity index (χ2v) is 9.51. The van der Waals surface area contributed by atoms with Crippen molar-refractivity contribution in [2.45, 2.75) is 63.6 Å². The van der Waals surface area contributed by atoms with Gasteiger partial charge in [-0.05, 0) is 49.3 Å². The predicted octanol–water partition coefficient (Wildman–Crippen LogP) is 2.80. The zero-order valence-corrected chi connectivity index (χ0v) is 18.4. The maximum Gasteiger partial charge on any atom is 0.238 e. The Balaban J connectivity index is 1.33. The fourth-order valence-electron chi connectivity index (χ4n) is 5.42. The molecule has 4 rings (SSSR count). The Labute approximate surface area is 179 Å². The van der Waals surface area contributed by atoms with Gasteiger partial charge in [-0.3, -0.25) is 14.5 Å². The number of methoxy groups -OCH3 is 1. The van der Waals surface area contributed by atoms with Gasteiger partial charge >= 0.3 is 0 Å². The third-order valence-corrected chi connectivity index (χ3v) is 7.22. The first-order valence-electron chi connectivity index (χ1n) is 11.4. The summed E-state index contributed by atoms with van der Waals surface area (Å²) in [7, 11) is 1.74. The van der Waals surface area contributed by atoms with Gasteiger partial charge in [0.1, 0.15) is 5.78 Å². The number of benzene rings is 1. The molecule has 0 spiro atoms. The largest absolute Gasteiger partial charge is 0.381 e. The number of rotatable bonds is 5. The number of likely N-dealkylation sites (tertiary alicyclic amines) is 1. The van der Waals surface area contributed by atoms with Crippen LogP contribution < -0.4 is 10.6 Å². The summed E-state index contributed by atoms with van der Waals surface area (Å²) in [6.45, 7) is 6.15. The number of anilines is 1. The predicted molar refractivity (Wildman–Crippen MR) is 118 cm³/mol. The van der Waals surface area contributed by atoms with E-state index in [1.807, 2.05) is 12.1 Å². The van der Waals surface area contributed by atoms with Gasteiger partial charge < -0.3 is 15.4 Å². The third-order valence-electron chi connectivity index (χ3n) is 7.22. The lowest BCUT2D eigenvalue weighted by Crippen LogP contribution is -2.64. The molecule has 0 radical (unpaired) electrons. The number of hydrogen-bond acceptors (Lipinski definition) is 5. The van der Waals surface area contributed by atoms with Crippen molar-refractivity contribution >= 4 is 17.4 Å². The number of carbonyl (C=O) groups is 2. The fraction of sp³-hybridized carbons (Fsp3) is 0.667. The molecule has 1 saturated carbocycles. The Morgan fingerprint density at radius 2 is 1.90 bits per heavy atom. The number of fused-ring (bicyclic) bond motifs is 2. The quantitative estimate of drug-likeness (QED) is 0.777. The van der Waals surface area contributed by atoms with Crippen molar-refractivity contribution < 1.29 is 14.3 Å². The Morgan fingerprint density at radius 1 is 1.17 bits per heavy atom. The molecule has 6 heteroatoms. The van der Waals surface area contributed by atoms with E-state index >= 15 is 0 Å². The minimum absolute atomic E-state index is 0.0167. The number of nitrogens with one attached hydrogen (secondary N) is 2. The van der Waals surface area contributed by atoms with E-state index in [2.05, 4.69) is 41.5 Å². The van der Waals surface area contributed by atoms with Crippen LogP contribution in [0.25, 0.3) is 0 Å². The van der Waals surface area contributed by atoms with Crippen LogP contribution in [0.4, 0.5) is 5.69 Å². The topological polar surface area (TPSA) is 70.7 Å². The smallest absolute Gasteiger partial charge is 0.238 e. The van der Waals surface area contributed by atoms with Gasteiger partial charge in [0.25, 0.3) is 0 Å². The maximum atomic E-state index is 13.2. The molecule has 5 atom stereocenters. The van der Waals surface area contributed by atoms with Gasteiger partial charge in [0.15, 0.2) is 0 Å². The summed E-state index contributed by atoms with van der Waals surface area (Å²) in [5.74, 6) is 0.865. The molecule has 1 aromatic rings.